The second-order valence-electron chi connectivity index (χ2n) is 7.01. The summed E-state index contributed by atoms with van der Waals surface area (Å²) < 4.78 is 28.0. The van der Waals surface area contributed by atoms with Gasteiger partial charge < -0.3 is 9.74 Å². The van der Waals surface area contributed by atoms with E-state index < -0.39 is 17.7 Å². The van der Waals surface area contributed by atoms with Gasteiger partial charge in [0.1, 0.15) is 24.0 Å². The van der Waals surface area contributed by atoms with Gasteiger partial charge in [-0.25, -0.2) is 19.7 Å². The molecular formula is C19H20F2N4O3S. The molecule has 1 unspecified atom stereocenters. The van der Waals surface area contributed by atoms with Gasteiger partial charge in [-0.15, -0.1) is 11.3 Å². The number of nitrogens with two attached hydrogens (primary N) is 1. The summed E-state index contributed by atoms with van der Waals surface area (Å²) in [6, 6.07) is 3.73. The van der Waals surface area contributed by atoms with Gasteiger partial charge in [0.15, 0.2) is 6.10 Å². The van der Waals surface area contributed by atoms with Crippen LogP contribution in [-0.2, 0) is 14.5 Å². The fourth-order valence-corrected chi connectivity index (χ4v) is 4.65. The predicted octanol–water partition coefficient (Wildman–Crippen LogP) is 2.88. The molecule has 7 nitrogen and oxygen atoms in total. The molecule has 1 aromatic heterocycles. The molecule has 0 bridgehead atoms. The van der Waals surface area contributed by atoms with Gasteiger partial charge in [0, 0.05) is 30.8 Å². The summed E-state index contributed by atoms with van der Waals surface area (Å²) in [6.07, 6.45) is 1.06. The maximum Gasteiger partial charge on any atom is 0.250 e. The number of piperidine rings is 1. The number of aromatic nitrogens is 1. The molecule has 2 aliphatic heterocycles. The molecule has 0 aliphatic carbocycles. The van der Waals surface area contributed by atoms with Crippen LogP contribution in [0.2, 0.25) is 0 Å². The van der Waals surface area contributed by atoms with Crippen LogP contribution in [0.1, 0.15) is 47.5 Å². The third-order valence-corrected chi connectivity index (χ3v) is 6.22. The molecule has 1 amide bonds. The monoisotopic (exact) mass is 422 g/mol. The Kier molecular flexibility index (Phi) is 5.84. The number of carbonyl (C=O) groups excluding carboxylic acids is 1. The van der Waals surface area contributed by atoms with E-state index in [4.69, 9.17) is 10.7 Å². The van der Waals surface area contributed by atoms with Crippen molar-refractivity contribution in [2.24, 2.45) is 11.1 Å². The standard InChI is InChI=1S/C19H20F2N4O3S/c20-12-2-1-3-13(21)18(12)16-8-14(24-28-16)15-10-29-19(23-15)11-4-6-25(7-5-11)17(26)9-27-22/h1-3,10-11,16H,4-9,22H2. The van der Waals surface area contributed by atoms with Crippen LogP contribution in [0.3, 0.4) is 0 Å². The molecule has 2 N–H and O–H groups in total. The van der Waals surface area contributed by atoms with Gasteiger partial charge >= 0.3 is 0 Å². The van der Waals surface area contributed by atoms with Gasteiger partial charge in [-0.05, 0) is 25.0 Å². The number of amides is 1. The van der Waals surface area contributed by atoms with Crippen LogP contribution in [0.25, 0.3) is 0 Å². The Morgan fingerprint density at radius 2 is 2.03 bits per heavy atom. The average molecular weight is 422 g/mol. The fourth-order valence-electron chi connectivity index (χ4n) is 3.65. The van der Waals surface area contributed by atoms with E-state index in [0.717, 1.165) is 17.8 Å². The van der Waals surface area contributed by atoms with Gasteiger partial charge in [0.05, 0.1) is 16.3 Å². The topological polar surface area (TPSA) is 90.0 Å². The average Bonchev–Trinajstić information content (AvgIpc) is 3.38. The number of rotatable bonds is 5. The van der Waals surface area contributed by atoms with E-state index in [1.807, 2.05) is 5.38 Å². The van der Waals surface area contributed by atoms with E-state index in [-0.39, 0.29) is 30.4 Å². The van der Waals surface area contributed by atoms with Gasteiger partial charge in [-0.3, -0.25) is 9.63 Å². The molecule has 1 fully saturated rings. The van der Waals surface area contributed by atoms with Crippen LogP contribution >= 0.6 is 11.3 Å². The number of carbonyl (C=O) groups is 1. The van der Waals surface area contributed by atoms with Gasteiger partial charge in [-0.2, -0.15) is 0 Å². The number of hydrogen-bond acceptors (Lipinski definition) is 7. The smallest absolute Gasteiger partial charge is 0.250 e. The number of oxime groups is 1. The molecule has 154 valence electrons. The van der Waals surface area contributed by atoms with Crippen molar-refractivity contribution < 1.29 is 23.3 Å². The molecule has 29 heavy (non-hydrogen) atoms. The zero-order valence-electron chi connectivity index (χ0n) is 15.5. The van der Waals surface area contributed by atoms with Crippen molar-refractivity contribution in [3.63, 3.8) is 0 Å². The van der Waals surface area contributed by atoms with Crippen molar-refractivity contribution in [2.75, 3.05) is 19.7 Å². The Morgan fingerprint density at radius 3 is 2.72 bits per heavy atom. The van der Waals surface area contributed by atoms with Crippen LogP contribution in [0.4, 0.5) is 8.78 Å². The van der Waals surface area contributed by atoms with E-state index in [9.17, 15) is 13.6 Å². The number of nitrogens with zero attached hydrogens (tertiary/aromatic N) is 3. The molecule has 4 rings (SSSR count). The summed E-state index contributed by atoms with van der Waals surface area (Å²) in [5.74, 6) is 3.80. The molecule has 0 saturated carbocycles. The van der Waals surface area contributed by atoms with E-state index in [0.29, 0.717) is 24.5 Å². The summed E-state index contributed by atoms with van der Waals surface area (Å²) in [5.41, 5.74) is 1.13. The number of thiazole rings is 1. The van der Waals surface area contributed by atoms with E-state index in [1.165, 1.54) is 29.5 Å². The first-order valence-corrected chi connectivity index (χ1v) is 10.2. The first-order valence-electron chi connectivity index (χ1n) is 9.28. The van der Waals surface area contributed by atoms with Crippen molar-refractivity contribution in [1.29, 1.82) is 0 Å². The summed E-state index contributed by atoms with van der Waals surface area (Å²) >= 11 is 1.52. The van der Waals surface area contributed by atoms with Crippen molar-refractivity contribution in [3.8, 4) is 0 Å². The molecular weight excluding hydrogens is 402 g/mol. The van der Waals surface area contributed by atoms with Gasteiger partial charge in [-0.1, -0.05) is 11.2 Å². The highest BCUT2D eigenvalue weighted by molar-refractivity contribution is 7.10. The molecule has 2 aromatic rings. The number of hydrogen-bond donors (Lipinski definition) is 1. The van der Waals surface area contributed by atoms with Crippen LogP contribution in [-0.4, -0.2) is 41.2 Å². The second kappa shape index (κ2) is 8.52. The zero-order chi connectivity index (χ0) is 20.4. The summed E-state index contributed by atoms with van der Waals surface area (Å²) in [4.78, 5) is 27.9. The van der Waals surface area contributed by atoms with Crippen LogP contribution in [0.5, 0.6) is 0 Å². The summed E-state index contributed by atoms with van der Waals surface area (Å²) in [6.45, 7) is 1.14. The van der Waals surface area contributed by atoms with Crippen molar-refractivity contribution in [2.45, 2.75) is 31.3 Å². The quantitative estimate of drug-likeness (QED) is 0.749. The Balaban J connectivity index is 1.39. The minimum absolute atomic E-state index is 0.111. The van der Waals surface area contributed by atoms with Crippen LogP contribution < -0.4 is 5.90 Å². The maximum atomic E-state index is 14.0. The fraction of sp³-hybridized carbons (Fsp3) is 0.421. The van der Waals surface area contributed by atoms with Crippen molar-refractivity contribution in [1.82, 2.24) is 9.88 Å². The molecule has 3 heterocycles. The molecule has 0 spiro atoms. The Morgan fingerprint density at radius 1 is 1.31 bits per heavy atom. The van der Waals surface area contributed by atoms with Gasteiger partial charge in [0.2, 0.25) is 0 Å². The van der Waals surface area contributed by atoms with Crippen LogP contribution in [0.15, 0.2) is 28.7 Å². The highest BCUT2D eigenvalue weighted by Crippen LogP contribution is 2.35. The van der Waals surface area contributed by atoms with Crippen molar-refractivity contribution in [3.05, 3.63) is 51.5 Å². The minimum Gasteiger partial charge on any atom is -0.387 e. The lowest BCUT2D eigenvalue weighted by Gasteiger charge is -2.30. The second-order valence-corrected chi connectivity index (χ2v) is 7.90. The molecule has 2 aliphatic rings. The number of halogens is 2. The maximum absolute atomic E-state index is 14.0. The molecule has 1 atom stereocenters. The Labute approximate surface area is 170 Å². The SMILES string of the molecule is NOCC(=O)N1CCC(c2nc(C3=NOC(c4c(F)cccc4F)C3)cs2)CC1. The summed E-state index contributed by atoms with van der Waals surface area (Å²) in [5, 5.41) is 6.86. The number of likely N-dealkylation sites (tertiary alicyclic amines) is 1. The summed E-state index contributed by atoms with van der Waals surface area (Å²) in [7, 11) is 0. The Hall–Kier alpha value is -2.43. The molecule has 1 saturated heterocycles. The van der Waals surface area contributed by atoms with Gasteiger partial charge in [0.25, 0.3) is 5.91 Å². The molecule has 1 aromatic carbocycles. The third-order valence-electron chi connectivity index (χ3n) is 5.21. The molecule has 10 heteroatoms. The lowest BCUT2D eigenvalue weighted by Crippen LogP contribution is -2.40. The third kappa shape index (κ3) is 4.14. The lowest BCUT2D eigenvalue weighted by atomic mass is 9.97. The van der Waals surface area contributed by atoms with E-state index >= 15 is 0 Å². The normalized spacial score (nSPS) is 19.9. The zero-order valence-corrected chi connectivity index (χ0v) is 16.3. The minimum atomic E-state index is -0.796. The first-order chi connectivity index (χ1) is 14.1. The predicted molar refractivity (Wildman–Crippen MR) is 102 cm³/mol. The largest absolute Gasteiger partial charge is 0.387 e. The van der Waals surface area contributed by atoms with E-state index in [2.05, 4.69) is 15.0 Å². The highest BCUT2D eigenvalue weighted by atomic mass is 32.1. The van der Waals surface area contributed by atoms with Crippen molar-refractivity contribution >= 4 is 23.0 Å². The number of benzene rings is 1. The first kappa shape index (κ1) is 19.9. The van der Waals surface area contributed by atoms with E-state index in [1.54, 1.807) is 4.90 Å². The lowest BCUT2D eigenvalue weighted by molar-refractivity contribution is -0.137. The molecule has 0 radical (unpaired) electrons. The Bertz CT molecular complexity index is 908. The highest BCUT2D eigenvalue weighted by Gasteiger charge is 2.31. The van der Waals surface area contributed by atoms with Crippen LogP contribution in [0, 0.1) is 11.6 Å².